The molecule has 0 radical (unpaired) electrons. The highest BCUT2D eigenvalue weighted by Gasteiger charge is 2.30. The largest absolute Gasteiger partial charge is 0.513 e. The van der Waals surface area contributed by atoms with Crippen LogP contribution in [0, 0.1) is 0 Å². The van der Waals surface area contributed by atoms with Gasteiger partial charge in [0.15, 0.2) is 5.13 Å². The third kappa shape index (κ3) is 6.71. The zero-order valence-electron chi connectivity index (χ0n) is 20.1. The molecule has 0 aliphatic rings. The molecule has 3 aromatic carbocycles. The molecule has 0 spiro atoms. The number of anilines is 2. The maximum atomic E-state index is 12.9. The van der Waals surface area contributed by atoms with E-state index in [0.717, 1.165) is 23.4 Å². The van der Waals surface area contributed by atoms with E-state index in [1.165, 1.54) is 23.5 Å². The molecule has 3 N–H and O–H groups in total. The van der Waals surface area contributed by atoms with Gasteiger partial charge in [-0.05, 0) is 54.1 Å². The fourth-order valence-corrected chi connectivity index (χ4v) is 4.47. The van der Waals surface area contributed by atoms with Gasteiger partial charge in [0.1, 0.15) is 5.75 Å². The van der Waals surface area contributed by atoms with Crippen molar-refractivity contribution in [2.24, 2.45) is 0 Å². The van der Waals surface area contributed by atoms with E-state index in [1.54, 1.807) is 41.8 Å². The van der Waals surface area contributed by atoms with Crippen molar-refractivity contribution in [2.75, 3.05) is 11.4 Å². The number of thiazole rings is 1. The molecule has 6 nitrogen and oxygen atoms in total. The Morgan fingerprint density at radius 1 is 1.00 bits per heavy atom. The Hall–Kier alpha value is -4.31. The van der Waals surface area contributed by atoms with E-state index in [2.05, 4.69) is 16.9 Å². The number of alkyl halides is 3. The number of nitrogens with one attached hydrogen (secondary N) is 1. The van der Waals surface area contributed by atoms with Crippen LogP contribution >= 0.6 is 11.3 Å². The molecular formula is C28H24F3N3O3S. The van der Waals surface area contributed by atoms with Crippen LogP contribution in [0.2, 0.25) is 0 Å². The topological polar surface area (TPSA) is 85.7 Å². The molecule has 0 aliphatic heterocycles. The molecule has 0 bridgehead atoms. The van der Waals surface area contributed by atoms with E-state index < -0.39 is 11.7 Å². The monoisotopic (exact) mass is 539 g/mol. The van der Waals surface area contributed by atoms with Gasteiger partial charge in [-0.2, -0.15) is 13.2 Å². The number of nitrogens with zero attached hydrogens (tertiary/aromatic N) is 2. The quantitative estimate of drug-likeness (QED) is 0.198. The minimum Gasteiger partial charge on any atom is -0.513 e. The molecule has 4 aromatic rings. The lowest BCUT2D eigenvalue weighted by molar-refractivity contribution is -0.137. The minimum atomic E-state index is -4.41. The summed E-state index contributed by atoms with van der Waals surface area (Å²) in [5.41, 5.74) is 2.48. The maximum Gasteiger partial charge on any atom is 0.416 e. The molecule has 38 heavy (non-hydrogen) atoms. The normalized spacial score (nSPS) is 11.2. The number of benzene rings is 3. The lowest BCUT2D eigenvalue weighted by Gasteiger charge is -2.22. The molecule has 1 heterocycles. The number of aliphatic hydroxyl groups is 1. The number of hydrogen-bond donors (Lipinski definition) is 3. The summed E-state index contributed by atoms with van der Waals surface area (Å²) in [5.74, 6) is -0.161. The van der Waals surface area contributed by atoms with Crippen molar-refractivity contribution in [3.63, 3.8) is 0 Å². The van der Waals surface area contributed by atoms with Crippen molar-refractivity contribution in [3.05, 3.63) is 107 Å². The van der Waals surface area contributed by atoms with E-state index in [9.17, 15) is 23.1 Å². The molecule has 10 heteroatoms. The predicted octanol–water partition coefficient (Wildman–Crippen LogP) is 7.06. The van der Waals surface area contributed by atoms with Crippen LogP contribution < -0.4 is 10.2 Å². The SMILES string of the molecule is C=C(O)CCNC(=O)c1ccc(CN(c2ccc(O)cc2)c2nc(-c3ccc(C(F)(F)F)cc3)cs2)cc1. The van der Waals surface area contributed by atoms with Crippen molar-refractivity contribution in [1.29, 1.82) is 0 Å². The average molecular weight is 540 g/mol. The Morgan fingerprint density at radius 3 is 2.26 bits per heavy atom. The van der Waals surface area contributed by atoms with Gasteiger partial charge in [0.2, 0.25) is 0 Å². The zero-order valence-corrected chi connectivity index (χ0v) is 20.9. The number of phenols is 1. The van der Waals surface area contributed by atoms with Gasteiger partial charge in [-0.15, -0.1) is 11.3 Å². The van der Waals surface area contributed by atoms with Gasteiger partial charge < -0.3 is 20.4 Å². The van der Waals surface area contributed by atoms with Crippen molar-refractivity contribution in [3.8, 4) is 17.0 Å². The van der Waals surface area contributed by atoms with E-state index in [4.69, 9.17) is 5.11 Å². The van der Waals surface area contributed by atoms with Crippen molar-refractivity contribution in [1.82, 2.24) is 10.3 Å². The van der Waals surface area contributed by atoms with Crippen molar-refractivity contribution < 1.29 is 28.2 Å². The van der Waals surface area contributed by atoms with Crippen LogP contribution in [0.5, 0.6) is 5.75 Å². The second-order valence-electron chi connectivity index (χ2n) is 8.46. The summed E-state index contributed by atoms with van der Waals surface area (Å²) in [5, 5.41) is 24.0. The maximum absolute atomic E-state index is 12.9. The third-order valence-electron chi connectivity index (χ3n) is 5.65. The van der Waals surface area contributed by atoms with Gasteiger partial charge in [0.05, 0.1) is 23.6 Å². The molecule has 0 fully saturated rings. The summed E-state index contributed by atoms with van der Waals surface area (Å²) >= 11 is 1.34. The van der Waals surface area contributed by atoms with Gasteiger partial charge in [-0.1, -0.05) is 30.8 Å². The first kappa shape index (κ1) is 26.7. The predicted molar refractivity (Wildman–Crippen MR) is 142 cm³/mol. The lowest BCUT2D eigenvalue weighted by atomic mass is 10.1. The number of phenolic OH excluding ortho intramolecular Hbond substituents is 1. The van der Waals surface area contributed by atoms with Gasteiger partial charge in [-0.3, -0.25) is 4.79 Å². The number of rotatable bonds is 9. The minimum absolute atomic E-state index is 0.00126. The molecular weight excluding hydrogens is 515 g/mol. The molecule has 196 valence electrons. The highest BCUT2D eigenvalue weighted by Crippen LogP contribution is 2.35. The number of carbonyl (C=O) groups excluding carboxylic acids is 1. The number of hydrogen-bond acceptors (Lipinski definition) is 6. The number of halogens is 3. The smallest absolute Gasteiger partial charge is 0.416 e. The summed E-state index contributed by atoms with van der Waals surface area (Å²) in [4.78, 5) is 18.9. The molecule has 0 atom stereocenters. The molecule has 1 aromatic heterocycles. The van der Waals surface area contributed by atoms with Gasteiger partial charge >= 0.3 is 6.18 Å². The average Bonchev–Trinajstić information content (AvgIpc) is 3.38. The standard InChI is InChI=1S/C28H24F3N3O3S/c1-18(35)14-15-32-26(37)21-4-2-19(3-5-21)16-34(23-10-12-24(36)13-11-23)27-33-25(17-38-27)20-6-8-22(9-7-20)28(29,30)31/h2-13,17,35-36H,1,14-16H2,(H,32,37). The lowest BCUT2D eigenvalue weighted by Crippen LogP contribution is -2.24. The summed E-state index contributed by atoms with van der Waals surface area (Å²) in [7, 11) is 0. The van der Waals surface area contributed by atoms with Crippen LogP contribution in [-0.4, -0.2) is 27.6 Å². The van der Waals surface area contributed by atoms with Crippen molar-refractivity contribution in [2.45, 2.75) is 19.1 Å². The van der Waals surface area contributed by atoms with Crippen LogP contribution in [0.1, 0.15) is 27.9 Å². The number of aliphatic hydroxyl groups excluding tert-OH is 1. The highest BCUT2D eigenvalue weighted by atomic mass is 32.1. The van der Waals surface area contributed by atoms with Gasteiger partial charge in [0, 0.05) is 35.2 Å². The van der Waals surface area contributed by atoms with E-state index in [1.807, 2.05) is 17.0 Å². The van der Waals surface area contributed by atoms with Crippen LogP contribution in [0.4, 0.5) is 24.0 Å². The first-order valence-corrected chi connectivity index (χ1v) is 12.4. The zero-order chi connectivity index (χ0) is 27.3. The van der Waals surface area contributed by atoms with Crippen LogP contribution in [-0.2, 0) is 12.7 Å². The summed E-state index contributed by atoms with van der Waals surface area (Å²) in [6.07, 6.45) is -4.14. The Balaban J connectivity index is 1.56. The van der Waals surface area contributed by atoms with Crippen LogP contribution in [0.15, 0.2) is 90.5 Å². The van der Waals surface area contributed by atoms with Gasteiger partial charge in [0.25, 0.3) is 5.91 Å². The van der Waals surface area contributed by atoms with E-state index in [0.29, 0.717) is 28.5 Å². The Labute approximate surface area is 221 Å². The van der Waals surface area contributed by atoms with E-state index in [-0.39, 0.29) is 30.4 Å². The summed E-state index contributed by atoms with van der Waals surface area (Å²) in [6, 6.07) is 18.5. The summed E-state index contributed by atoms with van der Waals surface area (Å²) < 4.78 is 38.8. The molecule has 0 saturated heterocycles. The molecule has 4 rings (SSSR count). The Kier molecular flexibility index (Phi) is 8.02. The summed E-state index contributed by atoms with van der Waals surface area (Å²) in [6.45, 7) is 4.05. The highest BCUT2D eigenvalue weighted by molar-refractivity contribution is 7.14. The number of aromatic nitrogens is 1. The third-order valence-corrected chi connectivity index (χ3v) is 6.51. The Morgan fingerprint density at radius 2 is 1.66 bits per heavy atom. The Bertz CT molecular complexity index is 1400. The van der Waals surface area contributed by atoms with Crippen LogP contribution in [0.3, 0.4) is 0 Å². The molecule has 1 amide bonds. The number of aromatic hydroxyl groups is 1. The molecule has 0 saturated carbocycles. The van der Waals surface area contributed by atoms with Crippen molar-refractivity contribution >= 4 is 28.1 Å². The fourth-order valence-electron chi connectivity index (χ4n) is 3.62. The second-order valence-corrected chi connectivity index (χ2v) is 9.30. The number of amides is 1. The van der Waals surface area contributed by atoms with Crippen LogP contribution in [0.25, 0.3) is 11.3 Å². The molecule has 0 unspecified atom stereocenters. The fraction of sp³-hybridized carbons (Fsp3) is 0.143. The second kappa shape index (κ2) is 11.4. The first-order chi connectivity index (χ1) is 18.1. The van der Waals surface area contributed by atoms with Gasteiger partial charge in [-0.25, -0.2) is 4.98 Å². The number of carbonyl (C=O) groups is 1. The molecule has 0 aliphatic carbocycles. The first-order valence-electron chi connectivity index (χ1n) is 11.5. The van der Waals surface area contributed by atoms with E-state index >= 15 is 0 Å².